The van der Waals surface area contributed by atoms with Crippen molar-refractivity contribution in [3.8, 4) is 11.6 Å². The zero-order valence-corrected chi connectivity index (χ0v) is 11.3. The van der Waals surface area contributed by atoms with E-state index in [2.05, 4.69) is 20.9 Å². The molecular weight excluding hydrogens is 296 g/mol. The second kappa shape index (κ2) is 5.18. The van der Waals surface area contributed by atoms with Crippen molar-refractivity contribution in [2.45, 2.75) is 6.92 Å². The minimum Gasteiger partial charge on any atom is -0.439 e. The van der Waals surface area contributed by atoms with Gasteiger partial charge in [0, 0.05) is 22.3 Å². The van der Waals surface area contributed by atoms with Gasteiger partial charge in [-0.1, -0.05) is 15.9 Å². The molecule has 0 saturated carbocycles. The van der Waals surface area contributed by atoms with Gasteiger partial charge in [-0.2, -0.15) is 0 Å². The highest BCUT2D eigenvalue weighted by Crippen LogP contribution is 2.26. The number of carbonyl (C=O) groups is 1. The first-order valence-corrected chi connectivity index (χ1v) is 6.05. The summed E-state index contributed by atoms with van der Waals surface area (Å²) < 4.78 is 6.59. The van der Waals surface area contributed by atoms with Gasteiger partial charge in [0.2, 0.25) is 11.8 Å². The van der Waals surface area contributed by atoms with Crippen LogP contribution in [0.15, 0.2) is 41.0 Å². The van der Waals surface area contributed by atoms with Crippen molar-refractivity contribution >= 4 is 21.8 Å². The highest BCUT2D eigenvalue weighted by molar-refractivity contribution is 9.10. The van der Waals surface area contributed by atoms with E-state index in [4.69, 9.17) is 10.5 Å². The van der Waals surface area contributed by atoms with Crippen LogP contribution in [-0.4, -0.2) is 10.9 Å². The molecule has 92 valence electrons. The predicted molar refractivity (Wildman–Crippen MR) is 71.7 cm³/mol. The van der Waals surface area contributed by atoms with Crippen LogP contribution in [0.2, 0.25) is 0 Å². The Balaban J connectivity index is 2.28. The first kappa shape index (κ1) is 12.6. The first-order valence-electron chi connectivity index (χ1n) is 5.26. The zero-order chi connectivity index (χ0) is 13.1. The number of carbonyl (C=O) groups excluding carboxylic acids is 1. The van der Waals surface area contributed by atoms with Gasteiger partial charge in [0.25, 0.3) is 0 Å². The Kier molecular flexibility index (Phi) is 3.62. The first-order chi connectivity index (χ1) is 8.56. The van der Waals surface area contributed by atoms with Gasteiger partial charge >= 0.3 is 0 Å². The SMILES string of the molecule is Cc1cc(Br)ccc1Oc1cc(C(N)=O)ccn1. The number of aromatic nitrogens is 1. The van der Waals surface area contributed by atoms with E-state index in [9.17, 15) is 4.79 Å². The molecule has 4 nitrogen and oxygen atoms in total. The highest BCUT2D eigenvalue weighted by atomic mass is 79.9. The Labute approximate surface area is 113 Å². The number of amides is 1. The number of nitrogens with zero attached hydrogens (tertiary/aromatic N) is 1. The number of pyridine rings is 1. The van der Waals surface area contributed by atoms with Gasteiger partial charge in [-0.3, -0.25) is 4.79 Å². The molecule has 0 aliphatic rings. The Hall–Kier alpha value is -1.88. The molecular formula is C13H11BrN2O2. The summed E-state index contributed by atoms with van der Waals surface area (Å²) in [6.45, 7) is 1.93. The minimum atomic E-state index is -0.505. The van der Waals surface area contributed by atoms with E-state index in [0.717, 1.165) is 10.0 Å². The van der Waals surface area contributed by atoms with E-state index in [1.807, 2.05) is 25.1 Å². The Morgan fingerprint density at radius 3 is 2.78 bits per heavy atom. The van der Waals surface area contributed by atoms with Gasteiger partial charge < -0.3 is 10.5 Å². The summed E-state index contributed by atoms with van der Waals surface area (Å²) >= 11 is 3.38. The molecule has 1 heterocycles. The lowest BCUT2D eigenvalue weighted by Gasteiger charge is -2.08. The molecule has 2 rings (SSSR count). The lowest BCUT2D eigenvalue weighted by Crippen LogP contribution is -2.10. The van der Waals surface area contributed by atoms with Crippen LogP contribution in [0, 0.1) is 6.92 Å². The summed E-state index contributed by atoms with van der Waals surface area (Å²) in [6.07, 6.45) is 1.49. The quantitative estimate of drug-likeness (QED) is 0.948. The molecule has 5 heteroatoms. The molecule has 1 aromatic carbocycles. The Morgan fingerprint density at radius 1 is 1.33 bits per heavy atom. The van der Waals surface area contributed by atoms with Crippen molar-refractivity contribution in [1.29, 1.82) is 0 Å². The summed E-state index contributed by atoms with van der Waals surface area (Å²) in [4.78, 5) is 15.1. The average Bonchev–Trinajstić information content (AvgIpc) is 2.33. The van der Waals surface area contributed by atoms with Crippen LogP contribution >= 0.6 is 15.9 Å². The van der Waals surface area contributed by atoms with E-state index in [0.29, 0.717) is 17.2 Å². The number of rotatable bonds is 3. The molecule has 0 radical (unpaired) electrons. The summed E-state index contributed by atoms with van der Waals surface area (Å²) in [5.41, 5.74) is 6.54. The average molecular weight is 307 g/mol. The molecule has 0 fully saturated rings. The molecule has 1 aromatic heterocycles. The molecule has 0 aliphatic carbocycles. The molecule has 0 atom stereocenters. The highest BCUT2D eigenvalue weighted by Gasteiger charge is 2.06. The second-order valence-electron chi connectivity index (χ2n) is 3.76. The lowest BCUT2D eigenvalue weighted by molar-refractivity contribution is 0.1000. The van der Waals surface area contributed by atoms with Crippen LogP contribution in [0.4, 0.5) is 0 Å². The van der Waals surface area contributed by atoms with Crippen molar-refractivity contribution in [2.24, 2.45) is 5.73 Å². The molecule has 18 heavy (non-hydrogen) atoms. The third-order valence-corrected chi connectivity index (χ3v) is 2.86. The predicted octanol–water partition coefficient (Wildman–Crippen LogP) is 3.04. The van der Waals surface area contributed by atoms with Crippen LogP contribution in [0.5, 0.6) is 11.6 Å². The molecule has 0 unspecified atom stereocenters. The third kappa shape index (κ3) is 2.87. The molecule has 2 N–H and O–H groups in total. The molecule has 1 amide bonds. The van der Waals surface area contributed by atoms with Crippen LogP contribution in [0.25, 0.3) is 0 Å². The van der Waals surface area contributed by atoms with Crippen molar-refractivity contribution in [3.05, 3.63) is 52.1 Å². The zero-order valence-electron chi connectivity index (χ0n) is 9.68. The number of ether oxygens (including phenoxy) is 1. The lowest BCUT2D eigenvalue weighted by atomic mass is 10.2. The standard InChI is InChI=1S/C13H11BrN2O2/c1-8-6-10(14)2-3-11(8)18-12-7-9(13(15)17)4-5-16-12/h2-7H,1H3,(H2,15,17). The van der Waals surface area contributed by atoms with E-state index in [1.54, 1.807) is 6.07 Å². The van der Waals surface area contributed by atoms with E-state index >= 15 is 0 Å². The molecule has 2 aromatic rings. The van der Waals surface area contributed by atoms with Gasteiger partial charge in [0.1, 0.15) is 5.75 Å². The normalized spacial score (nSPS) is 10.1. The molecule has 0 bridgehead atoms. The fourth-order valence-electron chi connectivity index (χ4n) is 1.46. The third-order valence-electron chi connectivity index (χ3n) is 2.37. The number of aryl methyl sites for hydroxylation is 1. The van der Waals surface area contributed by atoms with Crippen LogP contribution in [-0.2, 0) is 0 Å². The number of benzene rings is 1. The maximum absolute atomic E-state index is 11.0. The van der Waals surface area contributed by atoms with E-state index in [1.165, 1.54) is 12.3 Å². The van der Waals surface area contributed by atoms with E-state index in [-0.39, 0.29) is 0 Å². The number of hydrogen-bond donors (Lipinski definition) is 1. The van der Waals surface area contributed by atoms with Gasteiger partial charge in [-0.15, -0.1) is 0 Å². The van der Waals surface area contributed by atoms with Crippen LogP contribution < -0.4 is 10.5 Å². The summed E-state index contributed by atoms with van der Waals surface area (Å²) in [5.74, 6) is 0.527. The van der Waals surface area contributed by atoms with Crippen molar-refractivity contribution in [1.82, 2.24) is 4.98 Å². The smallest absolute Gasteiger partial charge is 0.248 e. The van der Waals surface area contributed by atoms with Crippen molar-refractivity contribution < 1.29 is 9.53 Å². The van der Waals surface area contributed by atoms with Gasteiger partial charge in [0.05, 0.1) is 0 Å². The fraction of sp³-hybridized carbons (Fsp3) is 0.0769. The Morgan fingerprint density at radius 2 is 2.11 bits per heavy atom. The number of halogens is 1. The summed E-state index contributed by atoms with van der Waals surface area (Å²) in [5, 5.41) is 0. The summed E-state index contributed by atoms with van der Waals surface area (Å²) in [7, 11) is 0. The fourth-order valence-corrected chi connectivity index (χ4v) is 1.93. The number of hydrogen-bond acceptors (Lipinski definition) is 3. The largest absolute Gasteiger partial charge is 0.439 e. The maximum Gasteiger partial charge on any atom is 0.248 e. The van der Waals surface area contributed by atoms with Crippen molar-refractivity contribution in [2.75, 3.05) is 0 Å². The Bertz CT molecular complexity index is 599. The molecule has 0 spiro atoms. The monoisotopic (exact) mass is 306 g/mol. The topological polar surface area (TPSA) is 65.2 Å². The number of nitrogens with two attached hydrogens (primary N) is 1. The van der Waals surface area contributed by atoms with Crippen molar-refractivity contribution in [3.63, 3.8) is 0 Å². The van der Waals surface area contributed by atoms with E-state index < -0.39 is 5.91 Å². The van der Waals surface area contributed by atoms with Crippen LogP contribution in [0.3, 0.4) is 0 Å². The van der Waals surface area contributed by atoms with Crippen LogP contribution in [0.1, 0.15) is 15.9 Å². The second-order valence-corrected chi connectivity index (χ2v) is 4.67. The van der Waals surface area contributed by atoms with Gasteiger partial charge in [-0.25, -0.2) is 4.98 Å². The van der Waals surface area contributed by atoms with Gasteiger partial charge in [0.15, 0.2) is 0 Å². The minimum absolute atomic E-state index is 0.344. The maximum atomic E-state index is 11.0. The molecule has 0 saturated heterocycles. The molecule has 0 aliphatic heterocycles. The summed E-state index contributed by atoms with van der Waals surface area (Å²) in [6, 6.07) is 8.71. The van der Waals surface area contributed by atoms with Gasteiger partial charge in [-0.05, 0) is 36.8 Å². The number of primary amides is 1.